The molecule has 5 rings (SSSR count). The van der Waals surface area contributed by atoms with E-state index in [1.165, 1.54) is 6.20 Å². The van der Waals surface area contributed by atoms with Crippen LogP contribution in [0.3, 0.4) is 0 Å². The summed E-state index contributed by atoms with van der Waals surface area (Å²) in [5, 5.41) is 10.9. The van der Waals surface area contributed by atoms with Crippen LogP contribution in [0.2, 0.25) is 0 Å². The van der Waals surface area contributed by atoms with Crippen molar-refractivity contribution in [2.24, 2.45) is 7.05 Å². The molecule has 0 atom stereocenters. The lowest BCUT2D eigenvalue weighted by molar-refractivity contribution is -0.118. The molecule has 0 aromatic carbocycles. The summed E-state index contributed by atoms with van der Waals surface area (Å²) in [4.78, 5) is 40.0. The van der Waals surface area contributed by atoms with Gasteiger partial charge in [0.2, 0.25) is 11.8 Å². The second-order valence-corrected chi connectivity index (χ2v) is 10.3. The summed E-state index contributed by atoms with van der Waals surface area (Å²) in [5.41, 5.74) is 4.33. The fraction of sp³-hybridized carbons (Fsp3) is 0.370. The number of carbonyl (C=O) groups is 2. The Balaban J connectivity index is 1.30. The summed E-state index contributed by atoms with van der Waals surface area (Å²) in [7, 11) is 3.39. The predicted molar refractivity (Wildman–Crippen MR) is 145 cm³/mol. The van der Waals surface area contributed by atoms with Gasteiger partial charge in [-0.25, -0.2) is 4.98 Å². The molecule has 198 valence electrons. The van der Waals surface area contributed by atoms with Crippen molar-refractivity contribution < 1.29 is 14.3 Å². The molecule has 1 saturated heterocycles. The highest BCUT2D eigenvalue weighted by molar-refractivity contribution is 6.06. The highest BCUT2D eigenvalue weighted by Gasteiger charge is 2.32. The van der Waals surface area contributed by atoms with Crippen LogP contribution in [0.4, 0.5) is 11.4 Å². The number of nitrogens with one attached hydrogen (secondary N) is 3. The number of amides is 2. The molecule has 0 bridgehead atoms. The van der Waals surface area contributed by atoms with E-state index in [1.807, 2.05) is 19.3 Å². The molecule has 1 aliphatic rings. The fourth-order valence-corrected chi connectivity index (χ4v) is 4.84. The zero-order valence-electron chi connectivity index (χ0n) is 22.3. The first-order chi connectivity index (χ1) is 18.1. The zero-order valence-corrected chi connectivity index (χ0v) is 22.3. The average Bonchev–Trinajstić information content (AvgIpc) is 3.56. The van der Waals surface area contributed by atoms with E-state index in [2.05, 4.69) is 49.4 Å². The SMILES string of the molecule is COc1nn(C)cc1-c1cc2cc(C(=O)Nc3cc(NC(=O)CN4CCCC4(C)C)cnc3C)cnc2[nH]1. The smallest absolute Gasteiger partial charge is 0.257 e. The maximum atomic E-state index is 13.1. The van der Waals surface area contributed by atoms with Gasteiger partial charge in [0.15, 0.2) is 0 Å². The lowest BCUT2D eigenvalue weighted by Gasteiger charge is -2.30. The Morgan fingerprint density at radius 3 is 2.71 bits per heavy atom. The lowest BCUT2D eigenvalue weighted by atomic mass is 10.0. The monoisotopic (exact) mass is 516 g/mol. The quantitative estimate of drug-likeness (QED) is 0.341. The molecule has 0 aliphatic carbocycles. The molecule has 1 fully saturated rings. The van der Waals surface area contributed by atoms with Crippen LogP contribution >= 0.6 is 0 Å². The normalized spacial score (nSPS) is 15.1. The lowest BCUT2D eigenvalue weighted by Crippen LogP contribution is -2.42. The number of anilines is 2. The molecule has 2 amide bonds. The Bertz CT molecular complexity index is 1520. The minimum Gasteiger partial charge on any atom is -0.479 e. The number of nitrogens with zero attached hydrogens (tertiary/aromatic N) is 5. The van der Waals surface area contributed by atoms with Crippen molar-refractivity contribution in [3.8, 4) is 17.1 Å². The van der Waals surface area contributed by atoms with E-state index in [0.717, 1.165) is 36.0 Å². The maximum Gasteiger partial charge on any atom is 0.257 e. The minimum absolute atomic E-state index is 0.0153. The number of ether oxygens (including phenoxy) is 1. The molecule has 11 nitrogen and oxygen atoms in total. The van der Waals surface area contributed by atoms with Crippen molar-refractivity contribution in [1.29, 1.82) is 0 Å². The number of aromatic nitrogens is 5. The summed E-state index contributed by atoms with van der Waals surface area (Å²) < 4.78 is 7.03. The van der Waals surface area contributed by atoms with E-state index >= 15 is 0 Å². The number of fused-ring (bicyclic) bond motifs is 1. The Kier molecular flexibility index (Phi) is 6.62. The van der Waals surface area contributed by atoms with Gasteiger partial charge < -0.3 is 20.4 Å². The molecule has 0 radical (unpaired) electrons. The van der Waals surface area contributed by atoms with Gasteiger partial charge in [0.1, 0.15) is 5.65 Å². The number of methoxy groups -OCH3 is 1. The first-order valence-corrected chi connectivity index (χ1v) is 12.5. The molecule has 0 spiro atoms. The largest absolute Gasteiger partial charge is 0.479 e. The molecular weight excluding hydrogens is 484 g/mol. The van der Waals surface area contributed by atoms with Gasteiger partial charge in [0.05, 0.1) is 53.7 Å². The number of aryl methyl sites for hydroxylation is 2. The molecule has 4 aromatic heterocycles. The van der Waals surface area contributed by atoms with Crippen LogP contribution in [-0.2, 0) is 11.8 Å². The third-order valence-electron chi connectivity index (χ3n) is 7.04. The van der Waals surface area contributed by atoms with Crippen LogP contribution in [0.1, 0.15) is 42.7 Å². The van der Waals surface area contributed by atoms with Crippen molar-refractivity contribution in [3.05, 3.63) is 48.0 Å². The second-order valence-electron chi connectivity index (χ2n) is 10.3. The summed E-state index contributed by atoms with van der Waals surface area (Å²) in [6, 6.07) is 5.40. The van der Waals surface area contributed by atoms with E-state index in [4.69, 9.17) is 4.74 Å². The van der Waals surface area contributed by atoms with Crippen LogP contribution < -0.4 is 15.4 Å². The van der Waals surface area contributed by atoms with Gasteiger partial charge >= 0.3 is 0 Å². The topological polar surface area (TPSA) is 130 Å². The summed E-state index contributed by atoms with van der Waals surface area (Å²) >= 11 is 0. The number of aromatic amines is 1. The van der Waals surface area contributed by atoms with Crippen molar-refractivity contribution in [1.82, 2.24) is 29.6 Å². The minimum atomic E-state index is -0.326. The first-order valence-electron chi connectivity index (χ1n) is 12.5. The standard InChI is InChI=1S/C27H32N8O3/c1-16-21(11-19(13-28-16)30-23(36)15-35-8-6-7-27(35,2)3)32-25(37)18-9-17-10-22(31-24(17)29-12-18)20-14-34(4)33-26(20)38-5/h9-14H,6-8,15H2,1-5H3,(H,29,31)(H,30,36)(H,32,37). The van der Waals surface area contributed by atoms with E-state index in [1.54, 1.807) is 37.0 Å². The zero-order chi connectivity index (χ0) is 27.0. The number of hydrogen-bond acceptors (Lipinski definition) is 7. The number of pyridine rings is 2. The van der Waals surface area contributed by atoms with Crippen LogP contribution in [0.15, 0.2) is 36.8 Å². The van der Waals surface area contributed by atoms with Crippen LogP contribution in [-0.4, -0.2) is 67.2 Å². The summed E-state index contributed by atoms with van der Waals surface area (Å²) in [5.74, 6) is 0.0653. The number of carbonyl (C=O) groups excluding carboxylic acids is 2. The predicted octanol–water partition coefficient (Wildman–Crippen LogP) is 3.74. The molecule has 0 saturated carbocycles. The fourth-order valence-electron chi connectivity index (χ4n) is 4.84. The van der Waals surface area contributed by atoms with Crippen molar-refractivity contribution in [3.63, 3.8) is 0 Å². The van der Waals surface area contributed by atoms with E-state index in [-0.39, 0.29) is 17.4 Å². The second kappa shape index (κ2) is 9.90. The molecule has 11 heteroatoms. The van der Waals surface area contributed by atoms with Gasteiger partial charge in [-0.15, -0.1) is 5.10 Å². The number of hydrogen-bond donors (Lipinski definition) is 3. The van der Waals surface area contributed by atoms with Crippen molar-refractivity contribution >= 4 is 34.2 Å². The van der Waals surface area contributed by atoms with Gasteiger partial charge in [0, 0.05) is 30.4 Å². The average molecular weight is 517 g/mol. The molecule has 0 unspecified atom stereocenters. The van der Waals surface area contributed by atoms with E-state index in [9.17, 15) is 9.59 Å². The Morgan fingerprint density at radius 1 is 1.16 bits per heavy atom. The highest BCUT2D eigenvalue weighted by atomic mass is 16.5. The molecule has 3 N–H and O–H groups in total. The van der Waals surface area contributed by atoms with Gasteiger partial charge in [-0.3, -0.25) is 24.2 Å². The summed E-state index contributed by atoms with van der Waals surface area (Å²) in [6.45, 7) is 7.34. The molecule has 38 heavy (non-hydrogen) atoms. The third-order valence-corrected chi connectivity index (χ3v) is 7.04. The van der Waals surface area contributed by atoms with E-state index in [0.29, 0.717) is 40.7 Å². The van der Waals surface area contributed by atoms with Crippen molar-refractivity contribution in [2.75, 3.05) is 30.8 Å². The molecule has 1 aliphatic heterocycles. The Morgan fingerprint density at radius 2 is 1.97 bits per heavy atom. The summed E-state index contributed by atoms with van der Waals surface area (Å²) in [6.07, 6.45) is 7.13. The van der Waals surface area contributed by atoms with Crippen LogP contribution in [0.5, 0.6) is 5.88 Å². The number of likely N-dealkylation sites (tertiary alicyclic amines) is 1. The highest BCUT2D eigenvalue weighted by Crippen LogP contribution is 2.31. The third kappa shape index (κ3) is 5.10. The van der Waals surface area contributed by atoms with Gasteiger partial charge in [-0.05, 0) is 58.4 Å². The Hall–Kier alpha value is -4.25. The maximum absolute atomic E-state index is 13.1. The molecular formula is C27H32N8O3. The number of H-pyrrole nitrogens is 1. The van der Waals surface area contributed by atoms with Gasteiger partial charge in [-0.2, -0.15) is 0 Å². The number of rotatable bonds is 7. The van der Waals surface area contributed by atoms with Crippen LogP contribution in [0.25, 0.3) is 22.3 Å². The van der Waals surface area contributed by atoms with Gasteiger partial charge in [-0.1, -0.05) is 0 Å². The van der Waals surface area contributed by atoms with E-state index < -0.39 is 0 Å². The molecule has 4 aromatic rings. The van der Waals surface area contributed by atoms with Gasteiger partial charge in [0.25, 0.3) is 5.91 Å². The molecule has 5 heterocycles. The first kappa shape index (κ1) is 25.4. The van der Waals surface area contributed by atoms with Crippen molar-refractivity contribution in [2.45, 2.75) is 39.2 Å². The Labute approximate surface area is 220 Å². The van der Waals surface area contributed by atoms with Crippen LogP contribution in [0, 0.1) is 6.92 Å².